The molecule has 0 fully saturated rings. The van der Waals surface area contributed by atoms with Gasteiger partial charge in [0, 0.05) is 35.4 Å². The standard InChI is InChI=1S/C32H24O10/c1-39-18-10-20(34)30-23(37)13-27(41-28(30)11-18)16-5-8-25(40-2)19(9-16)29-21(35)12-22(36)31-24(38)14-26(42-32(29)31)15-3-6-17(33)7-4-15/h3-12,14,27,33-36H,13H2,1-2H3/t27-/m0/s1. The second-order valence-corrected chi connectivity index (χ2v) is 9.73. The number of phenolic OH excluding ortho intramolecular Hbond substituents is 4. The quantitative estimate of drug-likeness (QED) is 0.208. The predicted octanol–water partition coefficient (Wildman–Crippen LogP) is 5.67. The number of methoxy groups -OCH3 is 2. The fourth-order valence-electron chi connectivity index (χ4n) is 5.17. The van der Waals surface area contributed by atoms with E-state index in [1.807, 2.05) is 0 Å². The number of hydrogen-bond donors (Lipinski definition) is 4. The summed E-state index contributed by atoms with van der Waals surface area (Å²) < 4.78 is 23.0. The molecule has 6 rings (SSSR count). The van der Waals surface area contributed by atoms with Crippen LogP contribution >= 0.6 is 0 Å². The third-order valence-corrected chi connectivity index (χ3v) is 7.19. The highest BCUT2D eigenvalue weighted by Gasteiger charge is 2.32. The second kappa shape index (κ2) is 10.1. The first-order valence-corrected chi connectivity index (χ1v) is 12.8. The normalized spacial score (nSPS) is 14.3. The first-order chi connectivity index (χ1) is 20.2. The first-order valence-electron chi connectivity index (χ1n) is 12.8. The maximum atomic E-state index is 13.2. The summed E-state index contributed by atoms with van der Waals surface area (Å²) in [6, 6.07) is 16.1. The zero-order chi connectivity index (χ0) is 29.7. The molecule has 0 bridgehead atoms. The van der Waals surface area contributed by atoms with Gasteiger partial charge < -0.3 is 39.1 Å². The van der Waals surface area contributed by atoms with Crippen molar-refractivity contribution in [2.45, 2.75) is 12.5 Å². The number of fused-ring (bicyclic) bond motifs is 2. The van der Waals surface area contributed by atoms with Gasteiger partial charge in [0.25, 0.3) is 0 Å². The molecule has 0 saturated carbocycles. The summed E-state index contributed by atoms with van der Waals surface area (Å²) in [6.45, 7) is 0. The minimum atomic E-state index is -0.772. The Morgan fingerprint density at radius 3 is 2.24 bits per heavy atom. The molecule has 10 nitrogen and oxygen atoms in total. The fourth-order valence-corrected chi connectivity index (χ4v) is 5.17. The minimum Gasteiger partial charge on any atom is -0.508 e. The Balaban J connectivity index is 1.53. The second-order valence-electron chi connectivity index (χ2n) is 9.73. The Morgan fingerprint density at radius 2 is 1.52 bits per heavy atom. The molecule has 0 amide bonds. The molecule has 1 atom stereocenters. The van der Waals surface area contributed by atoms with Crippen LogP contribution in [0.3, 0.4) is 0 Å². The van der Waals surface area contributed by atoms with E-state index in [0.29, 0.717) is 28.2 Å². The van der Waals surface area contributed by atoms with E-state index in [2.05, 4.69) is 0 Å². The molecule has 42 heavy (non-hydrogen) atoms. The zero-order valence-electron chi connectivity index (χ0n) is 22.4. The van der Waals surface area contributed by atoms with Gasteiger partial charge in [-0.1, -0.05) is 6.07 Å². The van der Waals surface area contributed by atoms with Crippen LogP contribution in [-0.4, -0.2) is 40.4 Å². The lowest BCUT2D eigenvalue weighted by Gasteiger charge is -2.27. The molecule has 212 valence electrons. The van der Waals surface area contributed by atoms with E-state index in [9.17, 15) is 30.0 Å². The van der Waals surface area contributed by atoms with Crippen molar-refractivity contribution in [2.75, 3.05) is 14.2 Å². The number of benzene rings is 4. The Bertz CT molecular complexity index is 1940. The lowest BCUT2D eigenvalue weighted by molar-refractivity contribution is 0.0844. The van der Waals surface area contributed by atoms with Crippen LogP contribution in [0.5, 0.6) is 40.2 Å². The highest BCUT2D eigenvalue weighted by Crippen LogP contribution is 2.47. The zero-order valence-corrected chi connectivity index (χ0v) is 22.4. The number of aromatic hydroxyl groups is 4. The van der Waals surface area contributed by atoms with Crippen LogP contribution in [0.1, 0.15) is 28.4 Å². The van der Waals surface area contributed by atoms with Gasteiger partial charge in [-0.3, -0.25) is 9.59 Å². The van der Waals surface area contributed by atoms with Crippen molar-refractivity contribution < 1.29 is 43.8 Å². The molecule has 0 saturated heterocycles. The maximum Gasteiger partial charge on any atom is 0.197 e. The molecule has 4 aromatic carbocycles. The van der Waals surface area contributed by atoms with Gasteiger partial charge in [0.15, 0.2) is 16.8 Å². The molecule has 10 heteroatoms. The largest absolute Gasteiger partial charge is 0.508 e. The van der Waals surface area contributed by atoms with Crippen LogP contribution in [0, 0.1) is 0 Å². The van der Waals surface area contributed by atoms with Crippen molar-refractivity contribution in [2.24, 2.45) is 0 Å². The summed E-state index contributed by atoms with van der Waals surface area (Å²) >= 11 is 0. The number of carbonyl (C=O) groups is 1. The third-order valence-electron chi connectivity index (χ3n) is 7.19. The summed E-state index contributed by atoms with van der Waals surface area (Å²) in [5.74, 6) is -0.492. The van der Waals surface area contributed by atoms with E-state index in [0.717, 1.165) is 6.07 Å². The summed E-state index contributed by atoms with van der Waals surface area (Å²) in [5.41, 5.74) is 0.794. The number of ether oxygens (including phenoxy) is 3. The smallest absolute Gasteiger partial charge is 0.197 e. The van der Waals surface area contributed by atoms with Crippen LogP contribution in [-0.2, 0) is 0 Å². The van der Waals surface area contributed by atoms with Gasteiger partial charge in [-0.2, -0.15) is 0 Å². The van der Waals surface area contributed by atoms with Crippen molar-refractivity contribution in [3.05, 3.63) is 88.1 Å². The Hall–Kier alpha value is -5.64. The van der Waals surface area contributed by atoms with Crippen LogP contribution in [0.25, 0.3) is 33.4 Å². The summed E-state index contributed by atoms with van der Waals surface area (Å²) in [7, 11) is 2.86. The maximum absolute atomic E-state index is 13.2. The molecule has 4 N–H and O–H groups in total. The SMILES string of the molecule is COc1cc(O)c2c(c1)O[C@H](c1ccc(OC)c(-c3c(O)cc(O)c4c(=O)cc(-c5ccc(O)cc5)oc34)c1)CC2=O. The van der Waals surface area contributed by atoms with E-state index in [1.54, 1.807) is 30.3 Å². The van der Waals surface area contributed by atoms with Gasteiger partial charge in [0.1, 0.15) is 63.1 Å². The van der Waals surface area contributed by atoms with Crippen molar-refractivity contribution in [1.29, 1.82) is 0 Å². The molecule has 0 spiro atoms. The molecule has 0 unspecified atom stereocenters. The van der Waals surface area contributed by atoms with Gasteiger partial charge in [0.05, 0.1) is 26.2 Å². The summed E-state index contributed by atoms with van der Waals surface area (Å²) in [4.78, 5) is 26.2. The molecule has 1 aliphatic heterocycles. The highest BCUT2D eigenvalue weighted by atomic mass is 16.5. The van der Waals surface area contributed by atoms with Crippen LogP contribution in [0.2, 0.25) is 0 Å². The van der Waals surface area contributed by atoms with E-state index in [1.165, 1.54) is 44.6 Å². The molecule has 1 aromatic heterocycles. The number of phenols is 4. The van der Waals surface area contributed by atoms with E-state index >= 15 is 0 Å². The van der Waals surface area contributed by atoms with E-state index in [4.69, 9.17) is 18.6 Å². The molecule has 5 aromatic rings. The molecular formula is C32H24O10. The minimum absolute atomic E-state index is 0.0270. The number of ketones is 1. The molecule has 0 radical (unpaired) electrons. The molecular weight excluding hydrogens is 544 g/mol. The highest BCUT2D eigenvalue weighted by molar-refractivity contribution is 6.03. The number of Topliss-reactive ketones (excluding diaryl/α,β-unsaturated/α-hetero) is 1. The van der Waals surface area contributed by atoms with E-state index in [-0.39, 0.29) is 63.1 Å². The summed E-state index contributed by atoms with van der Waals surface area (Å²) in [6.07, 6.45) is -0.854. The van der Waals surface area contributed by atoms with Crippen molar-refractivity contribution in [3.63, 3.8) is 0 Å². The van der Waals surface area contributed by atoms with Crippen molar-refractivity contribution in [3.8, 4) is 62.7 Å². The average molecular weight is 569 g/mol. The number of rotatable bonds is 5. The third kappa shape index (κ3) is 4.39. The van der Waals surface area contributed by atoms with Gasteiger partial charge >= 0.3 is 0 Å². The topological polar surface area (TPSA) is 156 Å². The lowest BCUT2D eigenvalue weighted by Crippen LogP contribution is -2.20. The van der Waals surface area contributed by atoms with Gasteiger partial charge in [-0.05, 0) is 42.0 Å². The summed E-state index contributed by atoms with van der Waals surface area (Å²) in [5, 5.41) is 41.6. The first kappa shape index (κ1) is 26.6. The van der Waals surface area contributed by atoms with Crippen LogP contribution in [0.15, 0.2) is 75.9 Å². The molecule has 2 heterocycles. The van der Waals surface area contributed by atoms with Gasteiger partial charge in [0.2, 0.25) is 0 Å². The number of hydrogen-bond acceptors (Lipinski definition) is 10. The molecule has 0 aliphatic carbocycles. The Kier molecular flexibility index (Phi) is 6.38. The van der Waals surface area contributed by atoms with Crippen molar-refractivity contribution >= 4 is 16.8 Å². The number of carbonyl (C=O) groups excluding carboxylic acids is 1. The predicted molar refractivity (Wildman–Crippen MR) is 152 cm³/mol. The fraction of sp³-hybridized carbons (Fsp3) is 0.125. The van der Waals surface area contributed by atoms with Gasteiger partial charge in [-0.15, -0.1) is 0 Å². The van der Waals surface area contributed by atoms with Crippen molar-refractivity contribution in [1.82, 2.24) is 0 Å². The monoisotopic (exact) mass is 568 g/mol. The molecule has 1 aliphatic rings. The van der Waals surface area contributed by atoms with E-state index < -0.39 is 17.3 Å². The Labute approximate surface area is 238 Å². The lowest BCUT2D eigenvalue weighted by atomic mass is 9.92. The Morgan fingerprint density at radius 1 is 0.786 bits per heavy atom. The van der Waals surface area contributed by atoms with Crippen LogP contribution in [0.4, 0.5) is 0 Å². The van der Waals surface area contributed by atoms with Crippen LogP contribution < -0.4 is 19.6 Å². The average Bonchev–Trinajstić information content (AvgIpc) is 2.96. The van der Waals surface area contributed by atoms with Gasteiger partial charge in [-0.25, -0.2) is 0 Å².